The van der Waals surface area contributed by atoms with E-state index in [-0.39, 0.29) is 22.9 Å². The fraction of sp³-hybridized carbons (Fsp3) is 0.371. The highest BCUT2D eigenvalue weighted by Crippen LogP contribution is 2.57. The highest BCUT2D eigenvalue weighted by Gasteiger charge is 2.54. The third kappa shape index (κ3) is 6.87. The number of halogens is 1. The van der Waals surface area contributed by atoms with Gasteiger partial charge < -0.3 is 5.32 Å². The molecule has 0 bridgehead atoms. The first kappa shape index (κ1) is 27.3. The van der Waals surface area contributed by atoms with Gasteiger partial charge >= 0.3 is 0 Å². The molecule has 2 aromatic heterocycles. The molecule has 3 aliphatic rings. The van der Waals surface area contributed by atoms with Gasteiger partial charge in [-0.15, -0.1) is 0 Å². The number of Topliss-reactive ketones (excluding diaryl/α,β-unsaturated/α-hetero) is 1. The van der Waals surface area contributed by atoms with Crippen LogP contribution in [-0.2, 0) is 19.4 Å². The van der Waals surface area contributed by atoms with Crippen molar-refractivity contribution in [1.82, 2.24) is 9.97 Å². The van der Waals surface area contributed by atoms with E-state index in [0.29, 0.717) is 12.5 Å². The first-order valence-corrected chi connectivity index (χ1v) is 14.8. The zero-order valence-electron chi connectivity index (χ0n) is 23.7. The number of rotatable bonds is 12. The fourth-order valence-corrected chi connectivity index (χ4v) is 5.92. The van der Waals surface area contributed by atoms with Gasteiger partial charge in [-0.2, -0.15) is 0 Å². The van der Waals surface area contributed by atoms with Gasteiger partial charge in [-0.1, -0.05) is 42.8 Å². The van der Waals surface area contributed by atoms with Crippen LogP contribution in [0.2, 0.25) is 0 Å². The number of allylic oxidation sites excluding steroid dienone is 3. The Labute approximate surface area is 241 Å². The lowest BCUT2D eigenvalue weighted by Gasteiger charge is -2.15. The molecule has 0 radical (unpaired) electrons. The first-order valence-electron chi connectivity index (χ1n) is 14.8. The van der Waals surface area contributed by atoms with Gasteiger partial charge in [0.05, 0.1) is 17.9 Å². The molecule has 6 heteroatoms. The van der Waals surface area contributed by atoms with Gasteiger partial charge in [0.25, 0.3) is 0 Å². The van der Waals surface area contributed by atoms with E-state index in [1.54, 1.807) is 18.3 Å². The molecule has 2 aliphatic carbocycles. The average molecular weight is 549 g/mol. The van der Waals surface area contributed by atoms with Crippen LogP contribution in [0.1, 0.15) is 66.3 Å². The lowest BCUT2D eigenvalue weighted by Crippen LogP contribution is -2.14. The maximum absolute atomic E-state index is 13.8. The van der Waals surface area contributed by atoms with Crippen molar-refractivity contribution in [3.05, 3.63) is 112 Å². The minimum absolute atomic E-state index is 0.0337. The molecule has 3 atom stereocenters. The number of ketones is 1. The van der Waals surface area contributed by atoms with Crippen molar-refractivity contribution in [2.24, 2.45) is 22.2 Å². The van der Waals surface area contributed by atoms with Crippen LogP contribution in [0, 0.1) is 23.1 Å². The standard InChI is InChI=1S/C35H37FN4O/c1-35(15-14-25-7-5-16-37-22-25)21-31(35)34(41)30-12-13-33(39-23-29-9-2-3-17-38-29)40-32(30)20-27-19-26(27)11-10-24-6-4-8-28(36)18-24/h2-4,6-9,11-13,17-18,22,27,31H,5,10,14-16,19-21,23H2,1H3,(H,39,40)/b26-11+/t27-,31?,35+/m0/s1. The highest BCUT2D eigenvalue weighted by atomic mass is 19.1. The summed E-state index contributed by atoms with van der Waals surface area (Å²) < 4.78 is 13.6. The van der Waals surface area contributed by atoms with Crippen LogP contribution in [0.3, 0.4) is 0 Å². The summed E-state index contributed by atoms with van der Waals surface area (Å²) in [4.78, 5) is 27.6. The van der Waals surface area contributed by atoms with Gasteiger partial charge in [-0.25, -0.2) is 9.37 Å². The van der Waals surface area contributed by atoms with Crippen LogP contribution < -0.4 is 5.32 Å². The van der Waals surface area contributed by atoms with Crippen LogP contribution >= 0.6 is 0 Å². The summed E-state index contributed by atoms with van der Waals surface area (Å²) in [5, 5.41) is 3.39. The molecule has 0 saturated heterocycles. The van der Waals surface area contributed by atoms with Crippen LogP contribution in [0.5, 0.6) is 0 Å². The number of dihydropyridines is 1. The fourth-order valence-electron chi connectivity index (χ4n) is 5.92. The van der Waals surface area contributed by atoms with Crippen molar-refractivity contribution < 1.29 is 9.18 Å². The Balaban J connectivity index is 1.15. The van der Waals surface area contributed by atoms with Gasteiger partial charge in [-0.3, -0.25) is 14.8 Å². The minimum Gasteiger partial charge on any atom is -0.364 e. The van der Waals surface area contributed by atoms with Crippen molar-refractivity contribution in [2.45, 2.75) is 58.4 Å². The zero-order chi connectivity index (χ0) is 28.2. The SMILES string of the molecule is C[C@@]1(CCC2=CCCN=C2)CC1C(=O)c1ccc(NCc2ccccn2)nc1C[C@@H]1C/C1=C\Cc1cccc(F)c1. The Morgan fingerprint density at radius 1 is 1.17 bits per heavy atom. The molecule has 2 fully saturated rings. The van der Waals surface area contributed by atoms with E-state index in [4.69, 9.17) is 4.98 Å². The van der Waals surface area contributed by atoms with Crippen molar-refractivity contribution in [3.8, 4) is 0 Å². The van der Waals surface area contributed by atoms with Crippen LogP contribution in [0.4, 0.5) is 10.2 Å². The van der Waals surface area contributed by atoms with Crippen LogP contribution in [0.25, 0.3) is 0 Å². The number of nitrogens with zero attached hydrogens (tertiary/aromatic N) is 3. The summed E-state index contributed by atoms with van der Waals surface area (Å²) in [6.07, 6.45) is 14.7. The van der Waals surface area contributed by atoms with E-state index in [1.165, 1.54) is 17.2 Å². The lowest BCUT2D eigenvalue weighted by atomic mass is 9.92. The van der Waals surface area contributed by atoms with Gasteiger partial charge in [0.15, 0.2) is 5.78 Å². The maximum atomic E-state index is 13.8. The molecule has 1 N–H and O–H groups in total. The summed E-state index contributed by atoms with van der Waals surface area (Å²) in [5.41, 5.74) is 6.24. The third-order valence-electron chi connectivity index (χ3n) is 8.77. The Bertz CT molecular complexity index is 1510. The Morgan fingerprint density at radius 3 is 2.90 bits per heavy atom. The van der Waals surface area contributed by atoms with E-state index in [1.807, 2.05) is 42.6 Å². The number of aromatic nitrogens is 2. The summed E-state index contributed by atoms with van der Waals surface area (Å²) in [5.74, 6) is 1.19. The molecular formula is C35H37FN4O. The number of anilines is 1. The van der Waals surface area contributed by atoms with Crippen LogP contribution in [-0.4, -0.2) is 28.5 Å². The van der Waals surface area contributed by atoms with Crippen LogP contribution in [0.15, 0.2) is 89.1 Å². The maximum Gasteiger partial charge on any atom is 0.168 e. The average Bonchev–Trinajstić information content (AvgIpc) is 3.91. The molecule has 1 aromatic carbocycles. The number of benzene rings is 1. The van der Waals surface area contributed by atoms with Gasteiger partial charge in [0.1, 0.15) is 11.6 Å². The molecule has 3 heterocycles. The van der Waals surface area contributed by atoms with Crippen molar-refractivity contribution in [2.75, 3.05) is 11.9 Å². The monoisotopic (exact) mass is 548 g/mol. The summed E-state index contributed by atoms with van der Waals surface area (Å²) in [7, 11) is 0. The Hall–Kier alpha value is -3.93. The summed E-state index contributed by atoms with van der Waals surface area (Å²) in [6, 6.07) is 16.5. The Kier molecular flexibility index (Phi) is 7.91. The quantitative estimate of drug-likeness (QED) is 0.190. The van der Waals surface area contributed by atoms with Gasteiger partial charge in [0, 0.05) is 30.4 Å². The lowest BCUT2D eigenvalue weighted by molar-refractivity contribution is 0.0948. The molecule has 2 saturated carbocycles. The van der Waals surface area contributed by atoms with Crippen molar-refractivity contribution in [1.29, 1.82) is 0 Å². The van der Waals surface area contributed by atoms with E-state index in [9.17, 15) is 9.18 Å². The van der Waals surface area contributed by atoms with E-state index in [0.717, 1.165) is 79.8 Å². The molecule has 1 aliphatic heterocycles. The number of carbonyl (C=O) groups is 1. The second kappa shape index (κ2) is 11.9. The van der Waals surface area contributed by atoms with Crippen molar-refractivity contribution in [3.63, 3.8) is 0 Å². The summed E-state index contributed by atoms with van der Waals surface area (Å²) >= 11 is 0. The molecule has 41 heavy (non-hydrogen) atoms. The zero-order valence-corrected chi connectivity index (χ0v) is 23.7. The predicted octanol–water partition coefficient (Wildman–Crippen LogP) is 7.35. The molecule has 0 amide bonds. The molecule has 0 spiro atoms. The number of nitrogens with one attached hydrogen (secondary N) is 1. The van der Waals surface area contributed by atoms with E-state index < -0.39 is 0 Å². The van der Waals surface area contributed by atoms with Crippen molar-refractivity contribution >= 4 is 17.8 Å². The third-order valence-corrected chi connectivity index (χ3v) is 8.77. The summed E-state index contributed by atoms with van der Waals surface area (Å²) in [6.45, 7) is 3.70. The van der Waals surface area contributed by atoms with E-state index >= 15 is 0 Å². The second-order valence-corrected chi connectivity index (χ2v) is 12.0. The molecule has 1 unspecified atom stereocenters. The number of hydrogen-bond acceptors (Lipinski definition) is 5. The molecule has 210 valence electrons. The number of carbonyl (C=O) groups excluding carboxylic acids is 1. The number of hydrogen-bond donors (Lipinski definition) is 1. The normalized spacial score (nSPS) is 23.8. The smallest absolute Gasteiger partial charge is 0.168 e. The van der Waals surface area contributed by atoms with Gasteiger partial charge in [0.2, 0.25) is 0 Å². The minimum atomic E-state index is -0.203. The molecule has 5 nitrogen and oxygen atoms in total. The predicted molar refractivity (Wildman–Crippen MR) is 162 cm³/mol. The van der Waals surface area contributed by atoms with E-state index in [2.05, 4.69) is 34.4 Å². The first-order chi connectivity index (χ1) is 20.0. The largest absolute Gasteiger partial charge is 0.364 e. The second-order valence-electron chi connectivity index (χ2n) is 12.0. The number of aliphatic imine (C=N–C) groups is 1. The highest BCUT2D eigenvalue weighted by molar-refractivity contribution is 6.01. The van der Waals surface area contributed by atoms with Gasteiger partial charge in [-0.05, 0) is 104 Å². The number of pyridine rings is 2. The molecule has 3 aromatic rings. The topological polar surface area (TPSA) is 67.2 Å². The molecule has 6 rings (SSSR count). The molecular weight excluding hydrogens is 511 g/mol. The Morgan fingerprint density at radius 2 is 2.10 bits per heavy atom.